The van der Waals surface area contributed by atoms with Crippen LogP contribution in [0.25, 0.3) is 21.7 Å². The van der Waals surface area contributed by atoms with Gasteiger partial charge in [-0.2, -0.15) is 5.10 Å². The Morgan fingerprint density at radius 2 is 1.64 bits per heavy atom. The molecule has 0 aliphatic heterocycles. The molecule has 0 saturated heterocycles. The van der Waals surface area contributed by atoms with Gasteiger partial charge in [0.25, 0.3) is 0 Å². The molecule has 0 fully saturated rings. The van der Waals surface area contributed by atoms with Crippen molar-refractivity contribution >= 4 is 27.4 Å². The highest BCUT2D eigenvalue weighted by atomic mass is 16.6. The van der Waals surface area contributed by atoms with E-state index in [1.807, 2.05) is 36.4 Å². The summed E-state index contributed by atoms with van der Waals surface area (Å²) in [5.74, 6) is 0. The Morgan fingerprint density at radius 3 is 2.32 bits per heavy atom. The maximum atomic E-state index is 11.2. The zero-order valence-electron chi connectivity index (χ0n) is 13.9. The van der Waals surface area contributed by atoms with Crippen molar-refractivity contribution < 1.29 is 4.92 Å². The van der Waals surface area contributed by atoms with Crippen molar-refractivity contribution in [3.63, 3.8) is 0 Å². The van der Waals surface area contributed by atoms with E-state index in [0.717, 1.165) is 27.4 Å². The highest BCUT2D eigenvalue weighted by molar-refractivity contribution is 6.06. The lowest BCUT2D eigenvalue weighted by Gasteiger charge is -2.10. The first-order valence-electron chi connectivity index (χ1n) is 8.01. The second kappa shape index (κ2) is 5.66. The van der Waals surface area contributed by atoms with E-state index in [1.165, 1.54) is 0 Å². The Balaban J connectivity index is 1.92. The van der Waals surface area contributed by atoms with Crippen molar-refractivity contribution in [3.05, 3.63) is 75.7 Å². The van der Waals surface area contributed by atoms with Gasteiger partial charge in [-0.25, -0.2) is 0 Å². The number of aromatic nitrogens is 3. The molecule has 0 saturated carbocycles. The van der Waals surface area contributed by atoms with Gasteiger partial charge in [0.15, 0.2) is 0 Å². The van der Waals surface area contributed by atoms with E-state index in [4.69, 9.17) is 4.98 Å². The molecule has 0 bridgehead atoms. The van der Waals surface area contributed by atoms with Crippen LogP contribution in [0.2, 0.25) is 0 Å². The van der Waals surface area contributed by atoms with Gasteiger partial charge in [-0.05, 0) is 25.3 Å². The molecule has 0 aliphatic carbocycles. The number of pyridine rings is 1. The third kappa shape index (κ3) is 2.42. The Kier molecular flexibility index (Phi) is 3.46. The summed E-state index contributed by atoms with van der Waals surface area (Å²) in [7, 11) is 0. The topological polar surface area (TPSA) is 73.8 Å². The second-order valence-corrected chi connectivity index (χ2v) is 6.06. The van der Waals surface area contributed by atoms with E-state index in [9.17, 15) is 10.1 Å². The third-order valence-corrected chi connectivity index (χ3v) is 4.51. The molecule has 6 heteroatoms. The smallest absolute Gasteiger partial charge is 0.258 e. The molecule has 0 amide bonds. The number of hydrogen-bond acceptors (Lipinski definition) is 4. The van der Waals surface area contributed by atoms with Crippen molar-refractivity contribution in [1.29, 1.82) is 0 Å². The van der Waals surface area contributed by atoms with Gasteiger partial charge in [0, 0.05) is 10.8 Å². The molecule has 0 unspecified atom stereocenters. The SMILES string of the molecule is Cc1nn(Cc2nc3ccccc3c3ccccc23)c(C)c1[N+](=O)[O-]. The number of hydrogen-bond donors (Lipinski definition) is 0. The first-order valence-corrected chi connectivity index (χ1v) is 8.01. The summed E-state index contributed by atoms with van der Waals surface area (Å²) in [6, 6.07) is 16.1. The van der Waals surface area contributed by atoms with Crippen LogP contribution >= 0.6 is 0 Å². The number of benzene rings is 2. The number of aryl methyl sites for hydroxylation is 1. The molecular weight excluding hydrogens is 316 g/mol. The summed E-state index contributed by atoms with van der Waals surface area (Å²) < 4.78 is 1.66. The summed E-state index contributed by atoms with van der Waals surface area (Å²) in [6.07, 6.45) is 0. The summed E-state index contributed by atoms with van der Waals surface area (Å²) in [4.78, 5) is 15.7. The van der Waals surface area contributed by atoms with Crippen LogP contribution in [0.1, 0.15) is 17.1 Å². The standard InChI is InChI=1S/C19H16N4O2/c1-12-19(23(24)25)13(2)22(21-12)11-18-16-9-4-3-7-14(16)15-8-5-6-10-17(15)20-18/h3-10H,11H2,1-2H3. The fraction of sp³-hybridized carbons (Fsp3) is 0.158. The highest BCUT2D eigenvalue weighted by Crippen LogP contribution is 2.28. The molecule has 0 spiro atoms. The molecule has 0 N–H and O–H groups in total. The number of fused-ring (bicyclic) bond motifs is 3. The van der Waals surface area contributed by atoms with Gasteiger partial charge in [-0.3, -0.25) is 19.8 Å². The largest absolute Gasteiger partial charge is 0.312 e. The normalized spacial score (nSPS) is 11.3. The molecule has 0 aliphatic rings. The second-order valence-electron chi connectivity index (χ2n) is 6.06. The van der Waals surface area contributed by atoms with Gasteiger partial charge in [0.05, 0.1) is 22.7 Å². The summed E-state index contributed by atoms with van der Waals surface area (Å²) in [5.41, 5.74) is 2.81. The van der Waals surface area contributed by atoms with Crippen molar-refractivity contribution in [2.24, 2.45) is 0 Å². The zero-order valence-corrected chi connectivity index (χ0v) is 13.9. The maximum Gasteiger partial charge on any atom is 0.312 e. The maximum absolute atomic E-state index is 11.2. The molecule has 25 heavy (non-hydrogen) atoms. The summed E-state index contributed by atoms with van der Waals surface area (Å²) >= 11 is 0. The predicted octanol–water partition coefficient (Wildman–Crippen LogP) is 4.16. The average molecular weight is 332 g/mol. The first kappa shape index (κ1) is 15.3. The van der Waals surface area contributed by atoms with Crippen LogP contribution < -0.4 is 0 Å². The van der Waals surface area contributed by atoms with E-state index < -0.39 is 0 Å². The Morgan fingerprint density at radius 1 is 1.00 bits per heavy atom. The molecule has 2 heterocycles. The van der Waals surface area contributed by atoms with Gasteiger partial charge in [-0.1, -0.05) is 42.5 Å². The van der Waals surface area contributed by atoms with Gasteiger partial charge in [-0.15, -0.1) is 0 Å². The van der Waals surface area contributed by atoms with E-state index in [0.29, 0.717) is 17.9 Å². The lowest BCUT2D eigenvalue weighted by atomic mass is 10.0. The van der Waals surface area contributed by atoms with Crippen molar-refractivity contribution in [1.82, 2.24) is 14.8 Å². The van der Waals surface area contributed by atoms with E-state index in [1.54, 1.807) is 18.5 Å². The number of nitrogens with zero attached hydrogens (tertiary/aromatic N) is 4. The number of nitro groups is 1. The van der Waals surface area contributed by atoms with Gasteiger partial charge >= 0.3 is 5.69 Å². The molecule has 2 aromatic carbocycles. The van der Waals surface area contributed by atoms with Crippen LogP contribution in [-0.2, 0) is 6.54 Å². The van der Waals surface area contributed by atoms with Crippen LogP contribution in [0.4, 0.5) is 5.69 Å². The van der Waals surface area contributed by atoms with Crippen LogP contribution in [0.5, 0.6) is 0 Å². The minimum Gasteiger partial charge on any atom is -0.258 e. The van der Waals surface area contributed by atoms with Crippen LogP contribution in [-0.4, -0.2) is 19.7 Å². The quantitative estimate of drug-likeness (QED) is 0.321. The molecule has 0 radical (unpaired) electrons. The number of para-hydroxylation sites is 1. The molecule has 4 rings (SSSR count). The summed E-state index contributed by atoms with van der Waals surface area (Å²) in [6.45, 7) is 3.78. The van der Waals surface area contributed by atoms with E-state index in [2.05, 4.69) is 17.2 Å². The third-order valence-electron chi connectivity index (χ3n) is 4.51. The van der Waals surface area contributed by atoms with Crippen LogP contribution in [0.15, 0.2) is 48.5 Å². The fourth-order valence-corrected chi connectivity index (χ4v) is 3.34. The molecular formula is C19H16N4O2. The van der Waals surface area contributed by atoms with Crippen LogP contribution in [0.3, 0.4) is 0 Å². The monoisotopic (exact) mass is 332 g/mol. The van der Waals surface area contributed by atoms with Gasteiger partial charge < -0.3 is 0 Å². The first-order chi connectivity index (χ1) is 12.1. The van der Waals surface area contributed by atoms with Crippen molar-refractivity contribution in [3.8, 4) is 0 Å². The zero-order chi connectivity index (χ0) is 17.6. The molecule has 2 aromatic heterocycles. The Hall–Kier alpha value is -3.28. The average Bonchev–Trinajstić information content (AvgIpc) is 2.89. The highest BCUT2D eigenvalue weighted by Gasteiger charge is 2.22. The number of rotatable bonds is 3. The lowest BCUT2D eigenvalue weighted by molar-refractivity contribution is -0.386. The molecule has 6 nitrogen and oxygen atoms in total. The minimum absolute atomic E-state index is 0.0742. The van der Waals surface area contributed by atoms with Crippen molar-refractivity contribution in [2.75, 3.05) is 0 Å². The summed E-state index contributed by atoms with van der Waals surface area (Å²) in [5, 5.41) is 18.8. The molecule has 124 valence electrons. The van der Waals surface area contributed by atoms with E-state index in [-0.39, 0.29) is 10.6 Å². The molecule has 4 aromatic rings. The Labute approximate surface area is 143 Å². The lowest BCUT2D eigenvalue weighted by Crippen LogP contribution is -2.07. The van der Waals surface area contributed by atoms with Crippen LogP contribution in [0, 0.1) is 24.0 Å². The minimum atomic E-state index is -0.375. The predicted molar refractivity (Wildman–Crippen MR) is 96.7 cm³/mol. The van der Waals surface area contributed by atoms with E-state index >= 15 is 0 Å². The molecule has 0 atom stereocenters. The van der Waals surface area contributed by atoms with Gasteiger partial charge in [0.1, 0.15) is 11.4 Å². The Bertz CT molecular complexity index is 1130. The van der Waals surface area contributed by atoms with Gasteiger partial charge in [0.2, 0.25) is 0 Å². The fourth-order valence-electron chi connectivity index (χ4n) is 3.34. The van der Waals surface area contributed by atoms with Crippen molar-refractivity contribution in [2.45, 2.75) is 20.4 Å².